The summed E-state index contributed by atoms with van der Waals surface area (Å²) in [6, 6.07) is 10.2. The van der Waals surface area contributed by atoms with Gasteiger partial charge in [-0.2, -0.15) is 0 Å². The van der Waals surface area contributed by atoms with Gasteiger partial charge in [0.15, 0.2) is 11.6 Å². The van der Waals surface area contributed by atoms with E-state index in [9.17, 15) is 9.18 Å². The Labute approximate surface area is 154 Å². The molecule has 1 amide bonds. The average molecular weight is 359 g/mol. The van der Waals surface area contributed by atoms with Crippen LogP contribution in [0.15, 0.2) is 36.4 Å². The maximum Gasteiger partial charge on any atom is 0.254 e. The van der Waals surface area contributed by atoms with Crippen LogP contribution in [0.4, 0.5) is 4.39 Å². The molecule has 0 N–H and O–H groups in total. The second-order valence-corrected chi connectivity index (χ2v) is 6.32. The Bertz CT molecular complexity index is 761. The molecule has 0 saturated heterocycles. The predicted molar refractivity (Wildman–Crippen MR) is 100 cm³/mol. The summed E-state index contributed by atoms with van der Waals surface area (Å²) in [5, 5.41) is 0. The van der Waals surface area contributed by atoms with Gasteiger partial charge in [0.05, 0.1) is 13.2 Å². The van der Waals surface area contributed by atoms with Crippen molar-refractivity contribution in [2.75, 3.05) is 33.4 Å². The van der Waals surface area contributed by atoms with Crippen molar-refractivity contribution >= 4 is 5.91 Å². The van der Waals surface area contributed by atoms with Crippen molar-refractivity contribution < 1.29 is 18.7 Å². The lowest BCUT2D eigenvalue weighted by atomic mass is 10.00. The molecule has 0 radical (unpaired) electrons. The minimum absolute atomic E-state index is 0.0696. The number of rotatable bonds is 8. The molecule has 0 unspecified atom stereocenters. The molecule has 26 heavy (non-hydrogen) atoms. The first-order valence-electron chi connectivity index (χ1n) is 8.67. The standard InChI is InChI=1S/C21H26FNO3/c1-15-13-17(3)18(14-16(15)2)21(24)23(9-11-25-4)10-12-26-20-8-6-5-7-19(20)22/h5-8,13-14H,9-12H2,1-4H3. The maximum atomic E-state index is 13.6. The van der Waals surface area contributed by atoms with Gasteiger partial charge in [-0.05, 0) is 55.7 Å². The van der Waals surface area contributed by atoms with E-state index in [1.165, 1.54) is 6.07 Å². The first kappa shape index (κ1) is 19.9. The molecule has 0 saturated carbocycles. The third-order valence-corrected chi connectivity index (χ3v) is 4.38. The van der Waals surface area contributed by atoms with Crippen LogP contribution in [0.5, 0.6) is 5.75 Å². The zero-order valence-electron chi connectivity index (χ0n) is 15.8. The van der Waals surface area contributed by atoms with Crippen LogP contribution in [0.25, 0.3) is 0 Å². The second kappa shape index (κ2) is 9.34. The number of carbonyl (C=O) groups excluding carboxylic acids is 1. The Morgan fingerprint density at radius 1 is 1.00 bits per heavy atom. The van der Waals surface area contributed by atoms with Crippen LogP contribution in [-0.2, 0) is 4.74 Å². The number of methoxy groups -OCH3 is 1. The summed E-state index contributed by atoms with van der Waals surface area (Å²) in [6.07, 6.45) is 0. The number of hydrogen-bond donors (Lipinski definition) is 0. The maximum absolute atomic E-state index is 13.6. The van der Waals surface area contributed by atoms with Crippen molar-refractivity contribution in [3.05, 3.63) is 64.5 Å². The van der Waals surface area contributed by atoms with E-state index < -0.39 is 5.82 Å². The molecular formula is C21H26FNO3. The van der Waals surface area contributed by atoms with E-state index in [2.05, 4.69) is 0 Å². The van der Waals surface area contributed by atoms with Crippen molar-refractivity contribution in [3.63, 3.8) is 0 Å². The van der Waals surface area contributed by atoms with E-state index in [4.69, 9.17) is 9.47 Å². The largest absolute Gasteiger partial charge is 0.489 e. The summed E-state index contributed by atoms with van der Waals surface area (Å²) in [7, 11) is 1.60. The number of nitrogens with zero attached hydrogens (tertiary/aromatic N) is 1. The van der Waals surface area contributed by atoms with Gasteiger partial charge < -0.3 is 14.4 Å². The Kier molecular flexibility index (Phi) is 7.16. The third kappa shape index (κ3) is 5.05. The van der Waals surface area contributed by atoms with E-state index >= 15 is 0 Å². The molecule has 140 valence electrons. The molecule has 0 bridgehead atoms. The summed E-state index contributed by atoms with van der Waals surface area (Å²) in [5.74, 6) is -0.291. The smallest absolute Gasteiger partial charge is 0.254 e. The van der Waals surface area contributed by atoms with E-state index in [-0.39, 0.29) is 18.3 Å². The zero-order chi connectivity index (χ0) is 19.1. The van der Waals surface area contributed by atoms with Gasteiger partial charge in [0, 0.05) is 19.2 Å². The lowest BCUT2D eigenvalue weighted by Crippen LogP contribution is -2.37. The highest BCUT2D eigenvalue weighted by Crippen LogP contribution is 2.18. The molecule has 5 heteroatoms. The lowest BCUT2D eigenvalue weighted by molar-refractivity contribution is 0.0663. The Morgan fingerprint density at radius 3 is 2.35 bits per heavy atom. The summed E-state index contributed by atoms with van der Waals surface area (Å²) < 4.78 is 24.3. The van der Waals surface area contributed by atoms with Gasteiger partial charge in [-0.3, -0.25) is 4.79 Å². The number of para-hydroxylation sites is 1. The molecule has 4 nitrogen and oxygen atoms in total. The first-order valence-corrected chi connectivity index (χ1v) is 8.67. The Balaban J connectivity index is 2.10. The minimum atomic E-state index is -0.410. The molecule has 0 heterocycles. The van der Waals surface area contributed by atoms with Gasteiger partial charge in [0.1, 0.15) is 6.61 Å². The summed E-state index contributed by atoms with van der Waals surface area (Å²) in [5.41, 5.74) is 3.85. The Hall–Kier alpha value is -2.40. The number of halogens is 1. The zero-order valence-corrected chi connectivity index (χ0v) is 15.8. The van der Waals surface area contributed by atoms with Crippen LogP contribution in [0.1, 0.15) is 27.0 Å². The predicted octanol–water partition coefficient (Wildman–Crippen LogP) is 3.92. The van der Waals surface area contributed by atoms with Crippen molar-refractivity contribution in [2.45, 2.75) is 20.8 Å². The summed E-state index contributed by atoms with van der Waals surface area (Å²) in [6.45, 7) is 7.39. The van der Waals surface area contributed by atoms with Crippen LogP contribution in [0.3, 0.4) is 0 Å². The number of aryl methyl sites for hydroxylation is 3. The summed E-state index contributed by atoms with van der Waals surface area (Å²) in [4.78, 5) is 14.7. The number of carbonyl (C=O) groups is 1. The molecule has 0 aliphatic rings. The molecule has 0 spiro atoms. The van der Waals surface area contributed by atoms with Gasteiger partial charge in [-0.25, -0.2) is 4.39 Å². The topological polar surface area (TPSA) is 38.8 Å². The van der Waals surface area contributed by atoms with E-state index in [1.807, 2.05) is 32.9 Å². The molecule has 2 aromatic rings. The highest BCUT2D eigenvalue weighted by atomic mass is 19.1. The fraction of sp³-hybridized carbons (Fsp3) is 0.381. The van der Waals surface area contributed by atoms with Gasteiger partial charge in [0.2, 0.25) is 0 Å². The lowest BCUT2D eigenvalue weighted by Gasteiger charge is -2.24. The van der Waals surface area contributed by atoms with Crippen molar-refractivity contribution in [1.29, 1.82) is 0 Å². The number of amides is 1. The minimum Gasteiger partial charge on any atom is -0.489 e. The van der Waals surface area contributed by atoms with Crippen molar-refractivity contribution in [3.8, 4) is 5.75 Å². The second-order valence-electron chi connectivity index (χ2n) is 6.32. The van der Waals surface area contributed by atoms with Crippen molar-refractivity contribution in [2.24, 2.45) is 0 Å². The summed E-state index contributed by atoms with van der Waals surface area (Å²) >= 11 is 0. The number of hydrogen-bond acceptors (Lipinski definition) is 3. The van der Waals surface area contributed by atoms with Crippen molar-refractivity contribution in [1.82, 2.24) is 4.90 Å². The third-order valence-electron chi connectivity index (χ3n) is 4.38. The van der Waals surface area contributed by atoms with Gasteiger partial charge in [0.25, 0.3) is 5.91 Å². The van der Waals surface area contributed by atoms with Crippen LogP contribution in [0, 0.1) is 26.6 Å². The molecule has 2 rings (SSSR count). The molecule has 2 aromatic carbocycles. The fourth-order valence-corrected chi connectivity index (χ4v) is 2.71. The molecule has 0 aliphatic heterocycles. The monoisotopic (exact) mass is 359 g/mol. The van der Waals surface area contributed by atoms with E-state index in [0.717, 1.165) is 16.7 Å². The SMILES string of the molecule is COCCN(CCOc1ccccc1F)C(=O)c1cc(C)c(C)cc1C. The van der Waals surface area contributed by atoms with E-state index in [0.29, 0.717) is 25.3 Å². The number of ether oxygens (including phenoxy) is 2. The molecule has 0 fully saturated rings. The van der Waals surface area contributed by atoms with Crippen LogP contribution < -0.4 is 4.74 Å². The van der Waals surface area contributed by atoms with Gasteiger partial charge in [-0.15, -0.1) is 0 Å². The molecule has 0 atom stereocenters. The van der Waals surface area contributed by atoms with Gasteiger partial charge in [-0.1, -0.05) is 18.2 Å². The fourth-order valence-electron chi connectivity index (χ4n) is 2.71. The van der Waals surface area contributed by atoms with Gasteiger partial charge >= 0.3 is 0 Å². The molecule has 0 aromatic heterocycles. The van der Waals surface area contributed by atoms with Crippen LogP contribution in [-0.4, -0.2) is 44.2 Å². The molecular weight excluding hydrogens is 333 g/mol. The first-order chi connectivity index (χ1) is 12.4. The number of benzene rings is 2. The highest BCUT2D eigenvalue weighted by molar-refractivity contribution is 5.96. The highest BCUT2D eigenvalue weighted by Gasteiger charge is 2.18. The van der Waals surface area contributed by atoms with Crippen LogP contribution >= 0.6 is 0 Å². The molecule has 0 aliphatic carbocycles. The quantitative estimate of drug-likeness (QED) is 0.717. The Morgan fingerprint density at radius 2 is 1.65 bits per heavy atom. The van der Waals surface area contributed by atoms with E-state index in [1.54, 1.807) is 30.2 Å². The van der Waals surface area contributed by atoms with Crippen LogP contribution in [0.2, 0.25) is 0 Å². The average Bonchev–Trinajstić information content (AvgIpc) is 2.62. The normalized spacial score (nSPS) is 10.7.